The van der Waals surface area contributed by atoms with Crippen LogP contribution >= 0.6 is 0 Å². The Morgan fingerprint density at radius 2 is 1.91 bits per heavy atom. The summed E-state index contributed by atoms with van der Waals surface area (Å²) in [5.41, 5.74) is 0. The molecule has 2 heterocycles. The molecule has 128 valence electrons. The van der Waals surface area contributed by atoms with Gasteiger partial charge >= 0.3 is 6.03 Å². The molecule has 2 aliphatic rings. The first-order valence-electron chi connectivity index (χ1n) is 8.91. The molecule has 0 aromatic carbocycles. The average Bonchev–Trinajstić information content (AvgIpc) is 2.87. The third-order valence-corrected chi connectivity index (χ3v) is 4.70. The van der Waals surface area contributed by atoms with E-state index >= 15 is 0 Å². The minimum absolute atomic E-state index is 0.149. The highest BCUT2D eigenvalue weighted by molar-refractivity contribution is 5.74. The summed E-state index contributed by atoms with van der Waals surface area (Å²) in [5.74, 6) is 1.17. The van der Waals surface area contributed by atoms with Crippen molar-refractivity contribution in [2.24, 2.45) is 0 Å². The third-order valence-electron chi connectivity index (χ3n) is 4.70. The van der Waals surface area contributed by atoms with Gasteiger partial charge in [-0.1, -0.05) is 37.3 Å². The normalized spacial score (nSPS) is 23.2. The number of urea groups is 1. The van der Waals surface area contributed by atoms with Gasteiger partial charge in [-0.25, -0.2) is 4.79 Å². The van der Waals surface area contributed by atoms with E-state index in [1.165, 1.54) is 38.5 Å². The number of hydrogen-bond donors (Lipinski definition) is 3. The van der Waals surface area contributed by atoms with Gasteiger partial charge in [-0.15, -0.1) is 0 Å². The van der Waals surface area contributed by atoms with E-state index in [9.17, 15) is 4.79 Å². The zero-order chi connectivity index (χ0) is 15.9. The number of aromatic nitrogens is 2. The maximum absolute atomic E-state index is 11.9. The van der Waals surface area contributed by atoms with E-state index in [2.05, 4.69) is 26.1 Å². The van der Waals surface area contributed by atoms with E-state index in [4.69, 9.17) is 4.52 Å². The van der Waals surface area contributed by atoms with Crippen LogP contribution in [0.1, 0.15) is 75.5 Å². The van der Waals surface area contributed by atoms with Crippen molar-refractivity contribution in [2.45, 2.75) is 76.4 Å². The summed E-state index contributed by atoms with van der Waals surface area (Å²) in [5, 5.41) is 13.3. The van der Waals surface area contributed by atoms with Crippen LogP contribution in [0.3, 0.4) is 0 Å². The molecule has 3 N–H and O–H groups in total. The van der Waals surface area contributed by atoms with Crippen LogP contribution in [0.15, 0.2) is 4.52 Å². The van der Waals surface area contributed by atoms with Crippen molar-refractivity contribution in [3.8, 4) is 0 Å². The lowest BCUT2D eigenvalue weighted by Crippen LogP contribution is -2.42. The van der Waals surface area contributed by atoms with Crippen LogP contribution < -0.4 is 16.0 Å². The van der Waals surface area contributed by atoms with Crippen molar-refractivity contribution in [2.75, 3.05) is 6.54 Å². The molecule has 3 rings (SSSR count). The van der Waals surface area contributed by atoms with Gasteiger partial charge in [0.05, 0.1) is 12.6 Å². The first-order valence-corrected chi connectivity index (χ1v) is 8.91. The molecule has 0 bridgehead atoms. The maximum Gasteiger partial charge on any atom is 0.315 e. The van der Waals surface area contributed by atoms with Crippen LogP contribution in [0.25, 0.3) is 0 Å². The van der Waals surface area contributed by atoms with Crippen molar-refractivity contribution in [1.29, 1.82) is 0 Å². The molecule has 1 unspecified atom stereocenters. The Morgan fingerprint density at radius 1 is 1.13 bits per heavy atom. The molecule has 23 heavy (non-hydrogen) atoms. The summed E-state index contributed by atoms with van der Waals surface area (Å²) >= 11 is 0. The van der Waals surface area contributed by atoms with Crippen LogP contribution in [0.5, 0.6) is 0 Å². The fraction of sp³-hybridized carbons (Fsp3) is 0.812. The number of carbonyl (C=O) groups excluding carboxylic acids is 1. The average molecular weight is 321 g/mol. The Kier molecular flexibility index (Phi) is 5.85. The highest BCUT2D eigenvalue weighted by atomic mass is 16.5. The molecule has 1 aliphatic heterocycles. The molecule has 1 aromatic rings. The van der Waals surface area contributed by atoms with E-state index in [1.807, 2.05) is 0 Å². The summed E-state index contributed by atoms with van der Waals surface area (Å²) in [7, 11) is 0. The van der Waals surface area contributed by atoms with Gasteiger partial charge < -0.3 is 20.5 Å². The Balaban J connectivity index is 1.44. The minimum atomic E-state index is -0.149. The molecular weight excluding hydrogens is 294 g/mol. The Bertz CT molecular complexity index is 490. The smallest absolute Gasteiger partial charge is 0.315 e. The molecule has 2 amide bonds. The molecule has 7 nitrogen and oxygen atoms in total. The van der Waals surface area contributed by atoms with Gasteiger partial charge in [0.1, 0.15) is 0 Å². The summed E-state index contributed by atoms with van der Waals surface area (Å²) < 4.78 is 5.26. The maximum atomic E-state index is 11.9. The van der Waals surface area contributed by atoms with Gasteiger partial charge in [0, 0.05) is 6.04 Å². The predicted molar refractivity (Wildman–Crippen MR) is 85.8 cm³/mol. The number of nitrogens with zero attached hydrogens (tertiary/aromatic N) is 2. The fourth-order valence-electron chi connectivity index (χ4n) is 3.37. The van der Waals surface area contributed by atoms with E-state index in [-0.39, 0.29) is 18.6 Å². The second-order valence-electron chi connectivity index (χ2n) is 6.56. The largest absolute Gasteiger partial charge is 0.337 e. The van der Waals surface area contributed by atoms with E-state index in [1.54, 1.807) is 0 Å². The molecule has 0 radical (unpaired) electrons. The van der Waals surface area contributed by atoms with E-state index in [0.29, 0.717) is 17.8 Å². The molecule has 7 heteroatoms. The zero-order valence-corrected chi connectivity index (χ0v) is 13.6. The number of amides is 2. The van der Waals surface area contributed by atoms with Gasteiger partial charge in [0.15, 0.2) is 5.82 Å². The van der Waals surface area contributed by atoms with Gasteiger partial charge in [-0.2, -0.15) is 4.98 Å². The van der Waals surface area contributed by atoms with E-state index < -0.39 is 0 Å². The molecule has 1 aromatic heterocycles. The molecule has 1 saturated heterocycles. The molecule has 1 atom stereocenters. The number of carbonyl (C=O) groups is 1. The van der Waals surface area contributed by atoms with Crippen LogP contribution in [0.2, 0.25) is 0 Å². The van der Waals surface area contributed by atoms with Crippen molar-refractivity contribution >= 4 is 6.03 Å². The predicted octanol–water partition coefficient (Wildman–Crippen LogP) is 2.41. The van der Waals surface area contributed by atoms with Crippen molar-refractivity contribution < 1.29 is 9.32 Å². The molecule has 2 fully saturated rings. The van der Waals surface area contributed by atoms with Crippen LogP contribution in [-0.4, -0.2) is 28.8 Å². The lowest BCUT2D eigenvalue weighted by Gasteiger charge is -2.22. The van der Waals surface area contributed by atoms with Crippen molar-refractivity contribution in [3.63, 3.8) is 0 Å². The Morgan fingerprint density at radius 3 is 2.78 bits per heavy atom. The van der Waals surface area contributed by atoms with Crippen LogP contribution in [0.4, 0.5) is 4.79 Å². The lowest BCUT2D eigenvalue weighted by atomic mass is 9.96. The second-order valence-corrected chi connectivity index (χ2v) is 6.56. The van der Waals surface area contributed by atoms with Crippen molar-refractivity contribution in [3.05, 3.63) is 11.7 Å². The highest BCUT2D eigenvalue weighted by Gasteiger charge is 2.20. The summed E-state index contributed by atoms with van der Waals surface area (Å²) in [4.78, 5) is 16.3. The highest BCUT2D eigenvalue weighted by Crippen LogP contribution is 2.20. The fourth-order valence-corrected chi connectivity index (χ4v) is 3.37. The molecule has 1 aliphatic carbocycles. The van der Waals surface area contributed by atoms with Crippen molar-refractivity contribution in [1.82, 2.24) is 26.1 Å². The third kappa shape index (κ3) is 4.92. The van der Waals surface area contributed by atoms with Gasteiger partial charge in [0.2, 0.25) is 5.89 Å². The standard InChI is InChI=1S/C16H27N5O2/c22-16(19-12-7-3-1-4-8-12)18-11-14-20-15(21-23-14)13-9-5-2-6-10-17-13/h12-13,17H,1-11H2,(H2,18,19,22). The lowest BCUT2D eigenvalue weighted by molar-refractivity contribution is 0.230. The van der Waals surface area contributed by atoms with Crippen LogP contribution in [-0.2, 0) is 6.54 Å². The first kappa shape index (κ1) is 16.2. The van der Waals surface area contributed by atoms with Gasteiger partial charge in [-0.3, -0.25) is 0 Å². The number of nitrogens with one attached hydrogen (secondary N) is 3. The summed E-state index contributed by atoms with van der Waals surface area (Å²) in [6.07, 6.45) is 10.5. The van der Waals surface area contributed by atoms with Gasteiger partial charge in [-0.05, 0) is 32.2 Å². The zero-order valence-electron chi connectivity index (χ0n) is 13.6. The Hall–Kier alpha value is -1.63. The second kappa shape index (κ2) is 8.29. The topological polar surface area (TPSA) is 92.1 Å². The van der Waals surface area contributed by atoms with Crippen LogP contribution in [0, 0.1) is 0 Å². The molecular formula is C16H27N5O2. The van der Waals surface area contributed by atoms with Gasteiger partial charge in [0.25, 0.3) is 0 Å². The molecule has 1 saturated carbocycles. The Labute approximate surface area is 137 Å². The SMILES string of the molecule is O=C(NCc1nc(C2CCCCCN2)no1)NC1CCCCC1. The number of rotatable bonds is 4. The quantitative estimate of drug-likeness (QED) is 0.792. The summed E-state index contributed by atoms with van der Waals surface area (Å²) in [6.45, 7) is 1.27. The first-order chi connectivity index (χ1) is 11.3. The number of hydrogen-bond acceptors (Lipinski definition) is 5. The van der Waals surface area contributed by atoms with E-state index in [0.717, 1.165) is 25.8 Å². The molecule has 0 spiro atoms. The monoisotopic (exact) mass is 321 g/mol. The minimum Gasteiger partial charge on any atom is -0.337 e. The summed E-state index contributed by atoms with van der Waals surface area (Å²) in [6, 6.07) is 0.326.